The first kappa shape index (κ1) is 20.6. The van der Waals surface area contributed by atoms with Gasteiger partial charge in [0.2, 0.25) is 5.84 Å². The molecular weight excluding hydrogens is 392 g/mol. The van der Waals surface area contributed by atoms with Crippen LogP contribution >= 0.6 is 0 Å². The van der Waals surface area contributed by atoms with Crippen LogP contribution in [0.5, 0.6) is 0 Å². The summed E-state index contributed by atoms with van der Waals surface area (Å²) in [4.78, 5) is 38.0. The summed E-state index contributed by atoms with van der Waals surface area (Å²) in [5.74, 6) is 0.326. The predicted octanol–water partition coefficient (Wildman–Crippen LogP) is 3.10. The van der Waals surface area contributed by atoms with Gasteiger partial charge in [0.15, 0.2) is 0 Å². The molecule has 2 heterocycles. The fourth-order valence-electron chi connectivity index (χ4n) is 3.55. The van der Waals surface area contributed by atoms with E-state index in [1.165, 1.54) is 5.01 Å². The molecule has 2 amide bonds. The maximum Gasteiger partial charge on any atom is 0.288 e. The number of hydrazine groups is 1. The number of amides is 2. The van der Waals surface area contributed by atoms with Crippen molar-refractivity contribution in [2.75, 3.05) is 5.01 Å². The van der Waals surface area contributed by atoms with Gasteiger partial charge in [0.25, 0.3) is 11.8 Å². The highest BCUT2D eigenvalue weighted by Gasteiger charge is 2.32. The smallest absolute Gasteiger partial charge is 0.288 e. The van der Waals surface area contributed by atoms with Crippen LogP contribution in [0.15, 0.2) is 59.6 Å². The first-order chi connectivity index (χ1) is 15.0. The summed E-state index contributed by atoms with van der Waals surface area (Å²) in [5.41, 5.74) is 5.30. The van der Waals surface area contributed by atoms with Crippen molar-refractivity contribution in [3.05, 3.63) is 60.4 Å². The number of aromatic amines is 1. The molecule has 4 rings (SSSR count). The summed E-state index contributed by atoms with van der Waals surface area (Å²) in [7, 11) is 0. The van der Waals surface area contributed by atoms with Gasteiger partial charge in [-0.3, -0.25) is 15.0 Å². The highest BCUT2D eigenvalue weighted by molar-refractivity contribution is 6.39. The Balaban J connectivity index is 1.59. The number of anilines is 1. The molecule has 0 fully saturated rings. The van der Waals surface area contributed by atoms with Gasteiger partial charge in [-0.25, -0.2) is 15.0 Å². The Hall–Kier alpha value is -3.68. The highest BCUT2D eigenvalue weighted by atomic mass is 16.2. The Kier molecular flexibility index (Phi) is 5.70. The number of hydrogen-bond donors (Lipinski definition) is 3. The third kappa shape index (κ3) is 4.14. The zero-order valence-electron chi connectivity index (χ0n) is 17.8. The second-order valence-corrected chi connectivity index (χ2v) is 7.75. The molecule has 0 spiro atoms. The van der Waals surface area contributed by atoms with Crippen molar-refractivity contribution in [1.82, 2.24) is 20.7 Å². The van der Waals surface area contributed by atoms with E-state index in [-0.39, 0.29) is 29.6 Å². The largest absolute Gasteiger partial charge is 0.340 e. The van der Waals surface area contributed by atoms with Crippen LogP contribution in [0.2, 0.25) is 0 Å². The van der Waals surface area contributed by atoms with Crippen molar-refractivity contribution in [1.29, 1.82) is 0 Å². The fourth-order valence-corrected chi connectivity index (χ4v) is 3.55. The molecule has 1 aromatic heterocycles. The number of H-pyrrole nitrogens is 1. The van der Waals surface area contributed by atoms with Gasteiger partial charge in [0, 0.05) is 0 Å². The van der Waals surface area contributed by atoms with Crippen molar-refractivity contribution in [3.8, 4) is 0 Å². The number of hydrogen-bond acceptors (Lipinski definition) is 5. The molecule has 8 heteroatoms. The quantitative estimate of drug-likeness (QED) is 0.572. The second-order valence-electron chi connectivity index (χ2n) is 7.75. The molecule has 2 aromatic carbocycles. The average molecular weight is 419 g/mol. The molecule has 0 saturated carbocycles. The third-order valence-corrected chi connectivity index (χ3v) is 5.55. The maximum atomic E-state index is 13.2. The summed E-state index contributed by atoms with van der Waals surface area (Å²) in [6, 6.07) is 15.9. The van der Waals surface area contributed by atoms with E-state index in [1.807, 2.05) is 42.5 Å². The summed E-state index contributed by atoms with van der Waals surface area (Å²) < 4.78 is 0. The van der Waals surface area contributed by atoms with E-state index < -0.39 is 6.04 Å². The lowest BCUT2D eigenvalue weighted by Crippen LogP contribution is -2.58. The number of rotatable bonds is 6. The average Bonchev–Trinajstić information content (AvgIpc) is 3.23. The van der Waals surface area contributed by atoms with Crippen LogP contribution in [0.3, 0.4) is 0 Å². The van der Waals surface area contributed by atoms with E-state index in [4.69, 9.17) is 0 Å². The monoisotopic (exact) mass is 418 g/mol. The molecule has 0 bridgehead atoms. The highest BCUT2D eigenvalue weighted by Crippen LogP contribution is 2.25. The molecule has 1 aliphatic rings. The standard InChI is InChI=1S/C23H26N6O2/c1-4-14(2)19(20-25-17-12-8-9-13-18(17)26-20)27-22(30)21-24-15(3)23(31)29(28-21)16-10-6-5-7-11-16/h5-15,19H,4H2,1-3H3,(H,24,28)(H,25,26)(H,27,30). The molecule has 0 radical (unpaired) electrons. The van der Waals surface area contributed by atoms with Crippen molar-refractivity contribution in [3.63, 3.8) is 0 Å². The number of nitrogens with one attached hydrogen (secondary N) is 3. The van der Waals surface area contributed by atoms with Crippen molar-refractivity contribution in [2.45, 2.75) is 39.3 Å². The minimum atomic E-state index is -0.671. The number of imidazole rings is 1. The van der Waals surface area contributed by atoms with E-state index in [0.717, 1.165) is 17.5 Å². The van der Waals surface area contributed by atoms with Crippen LogP contribution in [-0.4, -0.2) is 33.7 Å². The van der Waals surface area contributed by atoms with Crippen LogP contribution < -0.4 is 15.8 Å². The first-order valence-corrected chi connectivity index (χ1v) is 10.5. The summed E-state index contributed by atoms with van der Waals surface area (Å²) >= 11 is 0. The Labute approximate surface area is 180 Å². The molecule has 3 unspecified atom stereocenters. The number of amidine groups is 1. The van der Waals surface area contributed by atoms with Gasteiger partial charge in [-0.1, -0.05) is 50.6 Å². The molecule has 8 nitrogen and oxygen atoms in total. The van der Waals surface area contributed by atoms with Crippen molar-refractivity contribution < 1.29 is 9.59 Å². The molecule has 0 aliphatic carbocycles. The normalized spacial score (nSPS) is 18.3. The van der Waals surface area contributed by atoms with Gasteiger partial charge < -0.3 is 10.3 Å². The Morgan fingerprint density at radius 2 is 1.87 bits per heavy atom. The van der Waals surface area contributed by atoms with E-state index in [0.29, 0.717) is 11.5 Å². The van der Waals surface area contributed by atoms with Crippen molar-refractivity contribution >= 4 is 34.4 Å². The number of para-hydroxylation sites is 3. The summed E-state index contributed by atoms with van der Waals surface area (Å²) in [6.45, 7) is 5.81. The predicted molar refractivity (Wildman–Crippen MR) is 120 cm³/mol. The Morgan fingerprint density at radius 3 is 2.58 bits per heavy atom. The van der Waals surface area contributed by atoms with Gasteiger partial charge in [0.05, 0.1) is 22.8 Å². The third-order valence-electron chi connectivity index (χ3n) is 5.55. The molecule has 0 saturated heterocycles. The fraction of sp³-hybridized carbons (Fsp3) is 0.304. The summed E-state index contributed by atoms with van der Waals surface area (Å²) in [6.07, 6.45) is 0.854. The molecule has 3 atom stereocenters. The number of carbonyl (C=O) groups excluding carboxylic acids is 2. The number of nitrogens with zero attached hydrogens (tertiary/aromatic N) is 3. The molecular formula is C23H26N6O2. The SMILES string of the molecule is CCC(C)C(NC(=O)C1=NC(C)C(=O)N(c2ccccc2)N1)c1nc2ccccc2[nH]1. The van der Waals surface area contributed by atoms with Gasteiger partial charge in [0.1, 0.15) is 11.9 Å². The van der Waals surface area contributed by atoms with E-state index in [2.05, 4.69) is 39.6 Å². The van der Waals surface area contributed by atoms with E-state index in [9.17, 15) is 9.59 Å². The van der Waals surface area contributed by atoms with Gasteiger partial charge in [-0.05, 0) is 37.1 Å². The number of aliphatic imine (C=N–C) groups is 1. The van der Waals surface area contributed by atoms with Gasteiger partial charge in [-0.15, -0.1) is 0 Å². The number of fused-ring (bicyclic) bond motifs is 1. The lowest BCUT2D eigenvalue weighted by Gasteiger charge is -2.31. The molecule has 3 aromatic rings. The zero-order valence-corrected chi connectivity index (χ0v) is 17.8. The molecule has 1 aliphatic heterocycles. The lowest BCUT2D eigenvalue weighted by atomic mass is 9.98. The lowest BCUT2D eigenvalue weighted by molar-refractivity contribution is -0.120. The molecule has 31 heavy (non-hydrogen) atoms. The van der Waals surface area contributed by atoms with E-state index >= 15 is 0 Å². The van der Waals surface area contributed by atoms with Crippen LogP contribution in [0.4, 0.5) is 5.69 Å². The van der Waals surface area contributed by atoms with Crippen LogP contribution in [0, 0.1) is 5.92 Å². The van der Waals surface area contributed by atoms with Crippen molar-refractivity contribution in [2.24, 2.45) is 10.9 Å². The molecule has 160 valence electrons. The summed E-state index contributed by atoms with van der Waals surface area (Å²) in [5, 5.41) is 4.43. The number of carbonyl (C=O) groups is 2. The number of aromatic nitrogens is 2. The Bertz CT molecular complexity index is 1090. The van der Waals surface area contributed by atoms with E-state index in [1.54, 1.807) is 19.1 Å². The Morgan fingerprint density at radius 1 is 1.16 bits per heavy atom. The second kappa shape index (κ2) is 8.59. The van der Waals surface area contributed by atoms with Gasteiger partial charge >= 0.3 is 0 Å². The first-order valence-electron chi connectivity index (χ1n) is 10.5. The minimum absolute atomic E-state index is 0.0976. The number of benzene rings is 2. The van der Waals surface area contributed by atoms with Crippen LogP contribution in [-0.2, 0) is 9.59 Å². The topological polar surface area (TPSA) is 102 Å². The van der Waals surface area contributed by atoms with Gasteiger partial charge in [-0.2, -0.15) is 0 Å². The van der Waals surface area contributed by atoms with Crippen LogP contribution in [0.25, 0.3) is 11.0 Å². The maximum absolute atomic E-state index is 13.2. The van der Waals surface area contributed by atoms with Crippen LogP contribution in [0.1, 0.15) is 39.1 Å². The zero-order chi connectivity index (χ0) is 22.0. The molecule has 3 N–H and O–H groups in total. The minimum Gasteiger partial charge on any atom is -0.340 e.